The van der Waals surface area contributed by atoms with Crippen LogP contribution >= 0.6 is 0 Å². The molecule has 22 heavy (non-hydrogen) atoms. The van der Waals surface area contributed by atoms with E-state index in [1.165, 1.54) is 7.11 Å². The van der Waals surface area contributed by atoms with E-state index in [0.29, 0.717) is 17.8 Å². The smallest absolute Gasteiger partial charge is 0.347 e. The van der Waals surface area contributed by atoms with Crippen LogP contribution in [0.5, 0.6) is 5.75 Å². The molecule has 1 aromatic heterocycles. The maximum Gasteiger partial charge on any atom is 0.347 e. The molecule has 0 unspecified atom stereocenters. The fourth-order valence-corrected chi connectivity index (χ4v) is 2.93. The second kappa shape index (κ2) is 5.83. The standard InChI is InChI=1S/C17H18O5/c1-3-14(17(19)20-2)21-10-7-8-12-11-5-4-6-13(11)16(18)22-15(12)9-10/h7-9,14H,3-6H2,1-2H3/t14-/m0/s1. The van der Waals surface area contributed by atoms with Crippen LogP contribution < -0.4 is 10.4 Å². The largest absolute Gasteiger partial charge is 0.479 e. The van der Waals surface area contributed by atoms with Crippen LogP contribution in [0.4, 0.5) is 0 Å². The van der Waals surface area contributed by atoms with Crippen LogP contribution in [0.2, 0.25) is 0 Å². The minimum Gasteiger partial charge on any atom is -0.479 e. The van der Waals surface area contributed by atoms with Crippen molar-refractivity contribution in [2.24, 2.45) is 0 Å². The fourth-order valence-electron chi connectivity index (χ4n) is 2.93. The van der Waals surface area contributed by atoms with Crippen molar-refractivity contribution >= 4 is 16.9 Å². The van der Waals surface area contributed by atoms with E-state index in [4.69, 9.17) is 13.9 Å². The number of rotatable bonds is 4. The van der Waals surface area contributed by atoms with Crippen molar-refractivity contribution in [2.75, 3.05) is 7.11 Å². The molecule has 1 aliphatic rings. The molecule has 0 aliphatic heterocycles. The Bertz CT molecular complexity index is 774. The van der Waals surface area contributed by atoms with Gasteiger partial charge in [0.2, 0.25) is 0 Å². The minimum absolute atomic E-state index is 0.267. The van der Waals surface area contributed by atoms with Gasteiger partial charge in [-0.1, -0.05) is 6.92 Å². The first-order chi connectivity index (χ1) is 10.6. The summed E-state index contributed by atoms with van der Waals surface area (Å²) in [7, 11) is 1.33. The molecule has 3 rings (SSSR count). The topological polar surface area (TPSA) is 65.7 Å². The molecule has 1 aromatic carbocycles. The molecule has 0 saturated carbocycles. The van der Waals surface area contributed by atoms with Crippen LogP contribution in [0.25, 0.3) is 11.0 Å². The monoisotopic (exact) mass is 302 g/mol. The molecule has 116 valence electrons. The average Bonchev–Trinajstić information content (AvgIpc) is 3.02. The van der Waals surface area contributed by atoms with E-state index < -0.39 is 12.1 Å². The zero-order valence-corrected chi connectivity index (χ0v) is 12.7. The molecule has 2 aromatic rings. The number of aryl methyl sites for hydroxylation is 1. The van der Waals surface area contributed by atoms with Crippen molar-refractivity contribution in [2.45, 2.75) is 38.7 Å². The van der Waals surface area contributed by atoms with E-state index in [1.807, 2.05) is 13.0 Å². The molecule has 0 saturated heterocycles. The molecule has 0 N–H and O–H groups in total. The molecule has 0 spiro atoms. The van der Waals surface area contributed by atoms with E-state index in [2.05, 4.69) is 0 Å². The Morgan fingerprint density at radius 3 is 2.82 bits per heavy atom. The third kappa shape index (κ3) is 2.47. The molecule has 0 radical (unpaired) electrons. The summed E-state index contributed by atoms with van der Waals surface area (Å²) in [4.78, 5) is 23.6. The lowest BCUT2D eigenvalue weighted by atomic mass is 10.1. The summed E-state index contributed by atoms with van der Waals surface area (Å²) in [6, 6.07) is 5.36. The SMILES string of the molecule is CC[C@H](Oc1ccc2c3c(c(=O)oc2c1)CCC3)C(=O)OC. The predicted molar refractivity (Wildman–Crippen MR) is 81.2 cm³/mol. The Balaban J connectivity index is 1.99. The molecule has 1 aliphatic carbocycles. The lowest BCUT2D eigenvalue weighted by Crippen LogP contribution is -2.27. The maximum atomic E-state index is 12.0. The highest BCUT2D eigenvalue weighted by Crippen LogP contribution is 2.30. The van der Waals surface area contributed by atoms with Crippen molar-refractivity contribution < 1.29 is 18.7 Å². The third-order valence-electron chi connectivity index (χ3n) is 4.06. The molecule has 5 nitrogen and oxygen atoms in total. The first-order valence-corrected chi connectivity index (χ1v) is 7.47. The van der Waals surface area contributed by atoms with Gasteiger partial charge in [-0.25, -0.2) is 9.59 Å². The highest BCUT2D eigenvalue weighted by Gasteiger charge is 2.21. The van der Waals surface area contributed by atoms with Crippen LogP contribution in [-0.2, 0) is 22.4 Å². The van der Waals surface area contributed by atoms with Gasteiger partial charge in [-0.2, -0.15) is 0 Å². The van der Waals surface area contributed by atoms with Crippen molar-refractivity contribution in [1.29, 1.82) is 0 Å². The summed E-state index contributed by atoms with van der Waals surface area (Å²) >= 11 is 0. The molecule has 0 fully saturated rings. The van der Waals surface area contributed by atoms with E-state index in [0.717, 1.165) is 35.8 Å². The number of carbonyl (C=O) groups is 1. The van der Waals surface area contributed by atoms with Gasteiger partial charge in [-0.3, -0.25) is 0 Å². The summed E-state index contributed by atoms with van der Waals surface area (Å²) in [5.74, 6) is 0.0730. The highest BCUT2D eigenvalue weighted by molar-refractivity contribution is 5.83. The van der Waals surface area contributed by atoms with E-state index in [1.54, 1.807) is 12.1 Å². The first-order valence-electron chi connectivity index (χ1n) is 7.47. The van der Waals surface area contributed by atoms with Crippen LogP contribution in [0.3, 0.4) is 0 Å². The van der Waals surface area contributed by atoms with E-state index >= 15 is 0 Å². The summed E-state index contributed by atoms with van der Waals surface area (Å²) in [6.07, 6.45) is 2.50. The molecule has 0 bridgehead atoms. The van der Waals surface area contributed by atoms with Gasteiger partial charge in [0.25, 0.3) is 0 Å². The summed E-state index contributed by atoms with van der Waals surface area (Å²) in [6.45, 7) is 1.84. The highest BCUT2D eigenvalue weighted by atomic mass is 16.6. The van der Waals surface area contributed by atoms with E-state index in [9.17, 15) is 9.59 Å². The van der Waals surface area contributed by atoms with Gasteiger partial charge in [0.05, 0.1) is 7.11 Å². The third-order valence-corrected chi connectivity index (χ3v) is 4.06. The zero-order chi connectivity index (χ0) is 15.7. The summed E-state index contributed by atoms with van der Waals surface area (Å²) in [5, 5.41) is 0.950. The number of ether oxygens (including phenoxy) is 2. The second-order valence-corrected chi connectivity index (χ2v) is 5.40. The van der Waals surface area contributed by atoms with Gasteiger partial charge >= 0.3 is 11.6 Å². The molecule has 0 amide bonds. The predicted octanol–water partition coefficient (Wildman–Crippen LogP) is 2.61. The van der Waals surface area contributed by atoms with Crippen molar-refractivity contribution in [3.05, 3.63) is 39.7 Å². The van der Waals surface area contributed by atoms with Gasteiger partial charge in [0.15, 0.2) is 6.10 Å². The van der Waals surface area contributed by atoms with E-state index in [-0.39, 0.29) is 5.63 Å². The lowest BCUT2D eigenvalue weighted by Gasteiger charge is -2.15. The second-order valence-electron chi connectivity index (χ2n) is 5.40. The summed E-state index contributed by atoms with van der Waals surface area (Å²) in [5.41, 5.74) is 2.11. The number of carbonyl (C=O) groups excluding carboxylic acids is 1. The average molecular weight is 302 g/mol. The Morgan fingerprint density at radius 1 is 1.32 bits per heavy atom. The van der Waals surface area contributed by atoms with Crippen molar-refractivity contribution in [1.82, 2.24) is 0 Å². The van der Waals surface area contributed by atoms with Crippen LogP contribution in [0, 0.1) is 0 Å². The Kier molecular flexibility index (Phi) is 3.88. The lowest BCUT2D eigenvalue weighted by molar-refractivity contribution is -0.148. The van der Waals surface area contributed by atoms with Gasteiger partial charge in [-0.15, -0.1) is 0 Å². The van der Waals surface area contributed by atoms with Crippen LogP contribution in [0.15, 0.2) is 27.4 Å². The van der Waals surface area contributed by atoms with Gasteiger partial charge in [-0.05, 0) is 43.4 Å². The zero-order valence-electron chi connectivity index (χ0n) is 12.7. The maximum absolute atomic E-state index is 12.0. The van der Waals surface area contributed by atoms with Crippen LogP contribution in [-0.4, -0.2) is 19.2 Å². The first kappa shape index (κ1) is 14.6. The quantitative estimate of drug-likeness (QED) is 0.641. The number of hydrogen-bond acceptors (Lipinski definition) is 5. The number of esters is 1. The van der Waals surface area contributed by atoms with Gasteiger partial charge in [0.1, 0.15) is 11.3 Å². The number of benzene rings is 1. The molecule has 5 heteroatoms. The summed E-state index contributed by atoms with van der Waals surface area (Å²) < 4.78 is 15.7. The van der Waals surface area contributed by atoms with Crippen molar-refractivity contribution in [3.8, 4) is 5.75 Å². The Morgan fingerprint density at radius 2 is 2.09 bits per heavy atom. The van der Waals surface area contributed by atoms with Gasteiger partial charge < -0.3 is 13.9 Å². The molecule has 1 heterocycles. The Labute approximate surface area is 127 Å². The number of methoxy groups -OCH3 is 1. The Hall–Kier alpha value is -2.30. The number of fused-ring (bicyclic) bond motifs is 3. The number of hydrogen-bond donors (Lipinski definition) is 0. The van der Waals surface area contributed by atoms with Crippen LogP contribution in [0.1, 0.15) is 30.9 Å². The fraction of sp³-hybridized carbons (Fsp3) is 0.412. The van der Waals surface area contributed by atoms with Gasteiger partial charge in [0, 0.05) is 17.0 Å². The minimum atomic E-state index is -0.663. The normalized spacial score (nSPS) is 14.6. The molecular formula is C17H18O5. The van der Waals surface area contributed by atoms with Crippen molar-refractivity contribution in [3.63, 3.8) is 0 Å². The molecule has 1 atom stereocenters. The molecular weight excluding hydrogens is 284 g/mol.